The Morgan fingerprint density at radius 1 is 1.37 bits per heavy atom. The molecule has 0 spiro atoms. The smallest absolute Gasteiger partial charge is 0.241 e. The minimum absolute atomic E-state index is 0.142. The van der Waals surface area contributed by atoms with Gasteiger partial charge >= 0.3 is 0 Å². The fraction of sp³-hybridized carbons (Fsp3) is 0.333. The lowest BCUT2D eigenvalue weighted by Crippen LogP contribution is -2.36. The number of amides is 1. The number of carbonyl (C=O) groups is 1. The molecule has 1 atom stereocenters. The van der Waals surface area contributed by atoms with Crippen molar-refractivity contribution in [1.82, 2.24) is 4.98 Å². The van der Waals surface area contributed by atoms with Crippen molar-refractivity contribution in [2.75, 3.05) is 5.32 Å². The molecule has 1 heterocycles. The summed E-state index contributed by atoms with van der Waals surface area (Å²) in [6.45, 7) is 4.10. The van der Waals surface area contributed by atoms with Gasteiger partial charge in [-0.1, -0.05) is 19.9 Å². The van der Waals surface area contributed by atoms with Gasteiger partial charge in [-0.2, -0.15) is 0 Å². The van der Waals surface area contributed by atoms with Gasteiger partial charge in [0.1, 0.15) is 0 Å². The number of hydrogen-bond donors (Lipinski definition) is 2. The quantitative estimate of drug-likeness (QED) is 0.884. The Balaban J connectivity index is 2.10. The van der Waals surface area contributed by atoms with Crippen LogP contribution in [-0.4, -0.2) is 16.9 Å². The van der Waals surface area contributed by atoms with Crippen LogP contribution in [0, 0.1) is 5.92 Å². The van der Waals surface area contributed by atoms with Gasteiger partial charge in [0, 0.05) is 17.3 Å². The maximum absolute atomic E-state index is 11.9. The Morgan fingerprint density at radius 2 is 2.16 bits per heavy atom. The molecule has 0 aliphatic carbocycles. The summed E-state index contributed by atoms with van der Waals surface area (Å²) < 4.78 is 0. The number of hydrogen-bond acceptors (Lipinski definition) is 3. The van der Waals surface area contributed by atoms with Gasteiger partial charge in [-0.25, -0.2) is 0 Å². The van der Waals surface area contributed by atoms with Crippen LogP contribution in [0.15, 0.2) is 36.5 Å². The summed E-state index contributed by atoms with van der Waals surface area (Å²) in [5.74, 6) is 0.262. The van der Waals surface area contributed by atoms with Crippen molar-refractivity contribution in [2.45, 2.75) is 26.3 Å². The van der Waals surface area contributed by atoms with Crippen molar-refractivity contribution in [3.63, 3.8) is 0 Å². The molecule has 0 aliphatic rings. The number of aromatic nitrogens is 1. The second kappa shape index (κ2) is 5.80. The summed E-state index contributed by atoms with van der Waals surface area (Å²) in [6, 6.07) is 9.01. The van der Waals surface area contributed by atoms with E-state index in [2.05, 4.69) is 24.1 Å². The van der Waals surface area contributed by atoms with Crippen LogP contribution < -0.4 is 11.1 Å². The molecule has 4 nitrogen and oxygen atoms in total. The molecule has 0 saturated heterocycles. The molecule has 0 aliphatic heterocycles. The van der Waals surface area contributed by atoms with Crippen LogP contribution in [0.25, 0.3) is 10.9 Å². The van der Waals surface area contributed by atoms with Gasteiger partial charge in [0.2, 0.25) is 5.91 Å². The van der Waals surface area contributed by atoms with E-state index in [1.165, 1.54) is 0 Å². The number of nitrogens with two attached hydrogens (primary N) is 1. The second-order valence-corrected chi connectivity index (χ2v) is 5.14. The van der Waals surface area contributed by atoms with Gasteiger partial charge in [-0.3, -0.25) is 9.78 Å². The second-order valence-electron chi connectivity index (χ2n) is 5.14. The Labute approximate surface area is 113 Å². The molecular formula is C15H19N3O. The molecule has 1 aromatic heterocycles. The summed E-state index contributed by atoms with van der Waals surface area (Å²) in [6.07, 6.45) is 2.43. The van der Waals surface area contributed by atoms with Crippen LogP contribution in [0.2, 0.25) is 0 Å². The summed E-state index contributed by atoms with van der Waals surface area (Å²) in [7, 11) is 0. The summed E-state index contributed by atoms with van der Waals surface area (Å²) in [5, 5.41) is 3.85. The zero-order valence-electron chi connectivity index (χ0n) is 11.3. The van der Waals surface area contributed by atoms with E-state index in [0.29, 0.717) is 12.3 Å². The van der Waals surface area contributed by atoms with E-state index in [1.54, 1.807) is 6.20 Å². The first-order valence-corrected chi connectivity index (χ1v) is 6.47. The highest BCUT2D eigenvalue weighted by Crippen LogP contribution is 2.17. The predicted octanol–water partition coefficient (Wildman–Crippen LogP) is 2.55. The number of nitrogens with one attached hydrogen (secondary N) is 1. The molecule has 100 valence electrons. The minimum atomic E-state index is -0.468. The van der Waals surface area contributed by atoms with Gasteiger partial charge < -0.3 is 11.1 Å². The third kappa shape index (κ3) is 3.51. The Hall–Kier alpha value is -1.94. The summed E-state index contributed by atoms with van der Waals surface area (Å²) in [5.41, 5.74) is 7.52. The molecule has 0 radical (unpaired) electrons. The van der Waals surface area contributed by atoms with Crippen LogP contribution in [0.1, 0.15) is 20.3 Å². The number of anilines is 1. The number of nitrogens with zero attached hydrogens (tertiary/aromatic N) is 1. The lowest BCUT2D eigenvalue weighted by molar-refractivity contribution is -0.117. The van der Waals surface area contributed by atoms with E-state index in [9.17, 15) is 4.79 Å². The number of fused-ring (bicyclic) bond motifs is 1. The summed E-state index contributed by atoms with van der Waals surface area (Å²) in [4.78, 5) is 16.2. The monoisotopic (exact) mass is 257 g/mol. The molecular weight excluding hydrogens is 238 g/mol. The molecule has 4 heteroatoms. The van der Waals surface area contributed by atoms with Gasteiger partial charge in [0.05, 0.1) is 11.6 Å². The molecule has 2 rings (SSSR count). The molecule has 0 unspecified atom stereocenters. The van der Waals surface area contributed by atoms with E-state index < -0.39 is 6.04 Å². The molecule has 1 aromatic carbocycles. The first-order chi connectivity index (χ1) is 9.06. The van der Waals surface area contributed by atoms with E-state index in [0.717, 1.165) is 16.6 Å². The normalized spacial score (nSPS) is 12.6. The molecule has 2 aromatic rings. The van der Waals surface area contributed by atoms with Crippen molar-refractivity contribution in [3.8, 4) is 0 Å². The van der Waals surface area contributed by atoms with Crippen LogP contribution >= 0.6 is 0 Å². The van der Waals surface area contributed by atoms with Crippen LogP contribution in [0.4, 0.5) is 5.69 Å². The third-order valence-electron chi connectivity index (χ3n) is 2.93. The Bertz CT molecular complexity index is 580. The zero-order chi connectivity index (χ0) is 13.8. The molecule has 3 N–H and O–H groups in total. The number of pyridine rings is 1. The average Bonchev–Trinajstić information content (AvgIpc) is 2.37. The first-order valence-electron chi connectivity index (χ1n) is 6.47. The van der Waals surface area contributed by atoms with Crippen molar-refractivity contribution in [3.05, 3.63) is 36.5 Å². The van der Waals surface area contributed by atoms with Crippen LogP contribution in [-0.2, 0) is 4.79 Å². The van der Waals surface area contributed by atoms with Gasteiger partial charge in [-0.05, 0) is 36.6 Å². The highest BCUT2D eigenvalue weighted by atomic mass is 16.2. The SMILES string of the molecule is CC(C)C[C@H](N)C(=O)Nc1ccc2ncccc2c1. The van der Waals surface area contributed by atoms with Crippen LogP contribution in [0.5, 0.6) is 0 Å². The number of rotatable bonds is 4. The zero-order valence-corrected chi connectivity index (χ0v) is 11.3. The molecule has 1 amide bonds. The molecule has 0 fully saturated rings. The number of carbonyl (C=O) groups excluding carboxylic acids is 1. The lowest BCUT2D eigenvalue weighted by Gasteiger charge is -2.14. The fourth-order valence-corrected chi connectivity index (χ4v) is 2.00. The lowest BCUT2D eigenvalue weighted by atomic mass is 10.0. The highest BCUT2D eigenvalue weighted by molar-refractivity contribution is 5.96. The van der Waals surface area contributed by atoms with E-state index in [-0.39, 0.29) is 5.91 Å². The summed E-state index contributed by atoms with van der Waals surface area (Å²) >= 11 is 0. The predicted molar refractivity (Wildman–Crippen MR) is 77.8 cm³/mol. The van der Waals surface area contributed by atoms with E-state index >= 15 is 0 Å². The largest absolute Gasteiger partial charge is 0.325 e. The van der Waals surface area contributed by atoms with Gasteiger partial charge in [0.15, 0.2) is 0 Å². The molecule has 0 saturated carbocycles. The standard InChI is InChI=1S/C15H19N3O/c1-10(2)8-13(16)15(19)18-12-5-6-14-11(9-12)4-3-7-17-14/h3-7,9-10,13H,8,16H2,1-2H3,(H,18,19)/t13-/m0/s1. The maximum Gasteiger partial charge on any atom is 0.241 e. The average molecular weight is 257 g/mol. The highest BCUT2D eigenvalue weighted by Gasteiger charge is 2.15. The van der Waals surface area contributed by atoms with Crippen molar-refractivity contribution < 1.29 is 4.79 Å². The van der Waals surface area contributed by atoms with Gasteiger partial charge in [0.25, 0.3) is 0 Å². The Morgan fingerprint density at radius 3 is 2.89 bits per heavy atom. The topological polar surface area (TPSA) is 68.0 Å². The van der Waals surface area contributed by atoms with E-state index in [1.807, 2.05) is 30.3 Å². The fourth-order valence-electron chi connectivity index (χ4n) is 2.00. The van der Waals surface area contributed by atoms with Crippen molar-refractivity contribution >= 4 is 22.5 Å². The third-order valence-corrected chi connectivity index (χ3v) is 2.93. The van der Waals surface area contributed by atoms with E-state index in [4.69, 9.17) is 5.73 Å². The van der Waals surface area contributed by atoms with Crippen LogP contribution in [0.3, 0.4) is 0 Å². The molecule has 0 bridgehead atoms. The minimum Gasteiger partial charge on any atom is -0.325 e. The molecule has 19 heavy (non-hydrogen) atoms. The number of benzene rings is 1. The maximum atomic E-state index is 11.9. The van der Waals surface area contributed by atoms with Crippen molar-refractivity contribution in [2.24, 2.45) is 11.7 Å². The Kier molecular flexibility index (Phi) is 4.12. The van der Waals surface area contributed by atoms with Crippen molar-refractivity contribution in [1.29, 1.82) is 0 Å². The van der Waals surface area contributed by atoms with Gasteiger partial charge in [-0.15, -0.1) is 0 Å². The first kappa shape index (κ1) is 13.5.